The van der Waals surface area contributed by atoms with Gasteiger partial charge in [0.25, 0.3) is 0 Å². The molecule has 3 N–H and O–H groups in total. The zero-order valence-electron chi connectivity index (χ0n) is 11.5. The third-order valence-corrected chi connectivity index (χ3v) is 4.44. The van der Waals surface area contributed by atoms with Crippen LogP contribution in [0.1, 0.15) is 19.4 Å². The van der Waals surface area contributed by atoms with Crippen molar-refractivity contribution in [1.82, 2.24) is 4.90 Å². The van der Waals surface area contributed by atoms with Gasteiger partial charge >= 0.3 is 0 Å². The van der Waals surface area contributed by atoms with Crippen LogP contribution in [-0.4, -0.2) is 43.0 Å². The molecule has 1 heterocycles. The van der Waals surface area contributed by atoms with Crippen molar-refractivity contribution in [2.24, 2.45) is 5.73 Å². The summed E-state index contributed by atoms with van der Waals surface area (Å²) in [5, 5.41) is 7.50. The maximum atomic E-state index is 7.50. The number of hydrogen-bond acceptors (Lipinski definition) is 3. The Morgan fingerprint density at radius 3 is 2.74 bits per heavy atom. The fourth-order valence-electron chi connectivity index (χ4n) is 2.62. The number of nitrogen functional groups attached to an aromatic ring is 1. The number of hydrogen-bond donors (Lipinski definition) is 2. The van der Waals surface area contributed by atoms with Gasteiger partial charge in [0.15, 0.2) is 0 Å². The maximum absolute atomic E-state index is 7.50. The predicted octanol–water partition coefficient (Wildman–Crippen LogP) is 2.26. The highest BCUT2D eigenvalue weighted by Gasteiger charge is 2.22. The molecule has 4 nitrogen and oxygen atoms in total. The zero-order valence-corrected chi connectivity index (χ0v) is 13.1. The molecule has 1 aromatic carbocycles. The van der Waals surface area contributed by atoms with E-state index in [-0.39, 0.29) is 5.84 Å². The molecule has 0 radical (unpaired) electrons. The smallest absolute Gasteiger partial charge is 0.123 e. The first-order valence-corrected chi connectivity index (χ1v) is 7.45. The number of anilines is 1. The number of likely N-dealkylation sites (N-methyl/N-ethyl adjacent to an activating group) is 1. The van der Waals surface area contributed by atoms with Gasteiger partial charge in [0, 0.05) is 41.4 Å². The van der Waals surface area contributed by atoms with Crippen LogP contribution < -0.4 is 10.6 Å². The highest BCUT2D eigenvalue weighted by Crippen LogP contribution is 2.25. The highest BCUT2D eigenvalue weighted by molar-refractivity contribution is 9.10. The van der Waals surface area contributed by atoms with Crippen LogP contribution in [-0.2, 0) is 0 Å². The third-order valence-electron chi connectivity index (χ3n) is 3.78. The summed E-state index contributed by atoms with van der Waals surface area (Å²) in [5.74, 6) is 0.0996. The topological polar surface area (TPSA) is 56.4 Å². The van der Waals surface area contributed by atoms with Gasteiger partial charge in [-0.1, -0.05) is 6.92 Å². The van der Waals surface area contributed by atoms with E-state index in [2.05, 4.69) is 51.7 Å². The Labute approximate surface area is 123 Å². The van der Waals surface area contributed by atoms with Crippen molar-refractivity contribution in [2.75, 3.05) is 31.1 Å². The average molecular weight is 325 g/mol. The molecule has 0 aliphatic carbocycles. The number of amidine groups is 1. The fraction of sp³-hybridized carbons (Fsp3) is 0.500. The molecule has 2 rings (SSSR count). The Balaban J connectivity index is 2.15. The quantitative estimate of drug-likeness (QED) is 0.662. The number of nitrogens with one attached hydrogen (secondary N) is 1. The SMILES string of the molecule is CCN1CCN(c2ccc(C(=N)N)c(Br)c2)CC1C. The van der Waals surface area contributed by atoms with Gasteiger partial charge in [0.2, 0.25) is 0 Å². The van der Waals surface area contributed by atoms with Gasteiger partial charge in [0.05, 0.1) is 0 Å². The number of piperazine rings is 1. The first-order valence-electron chi connectivity index (χ1n) is 6.66. The molecule has 0 amide bonds. The molecule has 1 atom stereocenters. The first-order chi connectivity index (χ1) is 9.02. The van der Waals surface area contributed by atoms with Gasteiger partial charge in [0.1, 0.15) is 5.84 Å². The second kappa shape index (κ2) is 5.92. The van der Waals surface area contributed by atoms with E-state index in [1.54, 1.807) is 0 Å². The zero-order chi connectivity index (χ0) is 14.0. The Bertz CT molecular complexity index is 475. The summed E-state index contributed by atoms with van der Waals surface area (Å²) in [4.78, 5) is 4.89. The first kappa shape index (κ1) is 14.3. The summed E-state index contributed by atoms with van der Waals surface area (Å²) >= 11 is 3.50. The van der Waals surface area contributed by atoms with E-state index >= 15 is 0 Å². The monoisotopic (exact) mass is 324 g/mol. The molecule has 1 aliphatic rings. The number of rotatable bonds is 3. The van der Waals surface area contributed by atoms with Crippen molar-refractivity contribution in [3.05, 3.63) is 28.2 Å². The van der Waals surface area contributed by atoms with Crippen molar-refractivity contribution in [3.63, 3.8) is 0 Å². The van der Waals surface area contributed by atoms with Gasteiger partial charge in [-0.05, 0) is 47.6 Å². The predicted molar refractivity (Wildman–Crippen MR) is 84.1 cm³/mol. The maximum Gasteiger partial charge on any atom is 0.123 e. The normalized spacial score (nSPS) is 20.6. The molecule has 0 bridgehead atoms. The van der Waals surface area contributed by atoms with Crippen molar-refractivity contribution < 1.29 is 0 Å². The highest BCUT2D eigenvalue weighted by atomic mass is 79.9. The summed E-state index contributed by atoms with van der Waals surface area (Å²) in [7, 11) is 0. The average Bonchev–Trinajstić information content (AvgIpc) is 2.38. The van der Waals surface area contributed by atoms with Crippen molar-refractivity contribution in [3.8, 4) is 0 Å². The lowest BCUT2D eigenvalue weighted by atomic mass is 10.1. The second-order valence-corrected chi connectivity index (χ2v) is 5.86. The van der Waals surface area contributed by atoms with E-state index < -0.39 is 0 Å². The van der Waals surface area contributed by atoms with Gasteiger partial charge in [-0.3, -0.25) is 10.3 Å². The lowest BCUT2D eigenvalue weighted by molar-refractivity contribution is 0.199. The molecule has 104 valence electrons. The molecule has 5 heteroatoms. The lowest BCUT2D eigenvalue weighted by Gasteiger charge is -2.40. The van der Waals surface area contributed by atoms with Crippen LogP contribution >= 0.6 is 15.9 Å². The fourth-order valence-corrected chi connectivity index (χ4v) is 3.20. The van der Waals surface area contributed by atoms with Crippen LogP contribution in [0.2, 0.25) is 0 Å². The number of halogens is 1. The Morgan fingerprint density at radius 1 is 1.47 bits per heavy atom. The summed E-state index contributed by atoms with van der Waals surface area (Å²) in [6, 6.07) is 6.60. The van der Waals surface area contributed by atoms with Crippen molar-refractivity contribution >= 4 is 27.5 Å². The van der Waals surface area contributed by atoms with Gasteiger partial charge in [-0.2, -0.15) is 0 Å². The van der Waals surface area contributed by atoms with E-state index in [9.17, 15) is 0 Å². The molecule has 19 heavy (non-hydrogen) atoms. The van der Waals surface area contributed by atoms with Crippen LogP contribution in [0.3, 0.4) is 0 Å². The molecule has 1 fully saturated rings. The number of benzene rings is 1. The second-order valence-electron chi connectivity index (χ2n) is 5.00. The largest absolute Gasteiger partial charge is 0.384 e. The van der Waals surface area contributed by atoms with Gasteiger partial charge in [-0.15, -0.1) is 0 Å². The summed E-state index contributed by atoms with van der Waals surface area (Å²) in [6.45, 7) is 8.79. The Kier molecular flexibility index (Phi) is 4.47. The van der Waals surface area contributed by atoms with E-state index in [4.69, 9.17) is 11.1 Å². The molecule has 0 aromatic heterocycles. The minimum atomic E-state index is 0.0996. The molecule has 1 aliphatic heterocycles. The van der Waals surface area contributed by atoms with Crippen LogP contribution in [0.4, 0.5) is 5.69 Å². The molecule has 1 saturated heterocycles. The molecule has 1 unspecified atom stereocenters. The van der Waals surface area contributed by atoms with E-state index in [0.29, 0.717) is 6.04 Å². The van der Waals surface area contributed by atoms with Crippen LogP contribution in [0.15, 0.2) is 22.7 Å². The molecule has 0 saturated carbocycles. The standard InChI is InChI=1S/C14H21BrN4/c1-3-18-6-7-19(9-10(18)2)11-4-5-12(14(16)17)13(15)8-11/h4-5,8,10H,3,6-7,9H2,1-2H3,(H3,16,17). The van der Waals surface area contributed by atoms with Gasteiger partial charge < -0.3 is 10.6 Å². The number of nitrogens with two attached hydrogens (primary N) is 1. The third kappa shape index (κ3) is 3.09. The Hall–Kier alpha value is -1.07. The molecular formula is C14H21BrN4. The lowest BCUT2D eigenvalue weighted by Crippen LogP contribution is -2.51. The summed E-state index contributed by atoms with van der Waals surface area (Å²) < 4.78 is 0.892. The molecule has 0 spiro atoms. The minimum absolute atomic E-state index is 0.0996. The minimum Gasteiger partial charge on any atom is -0.384 e. The van der Waals surface area contributed by atoms with E-state index in [0.717, 1.165) is 36.2 Å². The van der Waals surface area contributed by atoms with E-state index in [1.807, 2.05) is 6.07 Å². The molecule has 1 aromatic rings. The molecular weight excluding hydrogens is 304 g/mol. The van der Waals surface area contributed by atoms with Gasteiger partial charge in [-0.25, -0.2) is 0 Å². The summed E-state index contributed by atoms with van der Waals surface area (Å²) in [5.41, 5.74) is 7.48. The van der Waals surface area contributed by atoms with Crippen LogP contribution in [0.25, 0.3) is 0 Å². The van der Waals surface area contributed by atoms with Crippen molar-refractivity contribution in [2.45, 2.75) is 19.9 Å². The van der Waals surface area contributed by atoms with Crippen molar-refractivity contribution in [1.29, 1.82) is 5.41 Å². The Morgan fingerprint density at radius 2 is 2.21 bits per heavy atom. The van der Waals surface area contributed by atoms with Crippen LogP contribution in [0, 0.1) is 5.41 Å². The number of nitrogens with zero attached hydrogens (tertiary/aromatic N) is 2. The van der Waals surface area contributed by atoms with Crippen LogP contribution in [0.5, 0.6) is 0 Å². The summed E-state index contributed by atoms with van der Waals surface area (Å²) in [6.07, 6.45) is 0. The van der Waals surface area contributed by atoms with E-state index in [1.165, 1.54) is 5.69 Å².